The lowest BCUT2D eigenvalue weighted by Gasteiger charge is -2.29. The lowest BCUT2D eigenvalue weighted by Crippen LogP contribution is -2.27. The summed E-state index contributed by atoms with van der Waals surface area (Å²) in [6.07, 6.45) is 17.6. The summed E-state index contributed by atoms with van der Waals surface area (Å²) in [7, 11) is 0. The second-order valence-electron chi connectivity index (χ2n) is 8.93. The quantitative estimate of drug-likeness (QED) is 0.489. The molecule has 0 aromatic rings. The molecular formula is C22H40O. The van der Waals surface area contributed by atoms with Crippen molar-refractivity contribution in [2.45, 2.75) is 92.9 Å². The van der Waals surface area contributed by atoms with E-state index in [1.165, 1.54) is 32.1 Å². The van der Waals surface area contributed by atoms with E-state index >= 15 is 0 Å². The molecule has 0 N–H and O–H groups in total. The molecule has 1 rings (SSSR count). The van der Waals surface area contributed by atoms with E-state index in [-0.39, 0.29) is 0 Å². The minimum Gasteiger partial charge on any atom is -0.299 e. The molecule has 1 nitrogen and oxygen atoms in total. The summed E-state index contributed by atoms with van der Waals surface area (Å²) < 4.78 is 0. The van der Waals surface area contributed by atoms with Gasteiger partial charge < -0.3 is 0 Å². The summed E-state index contributed by atoms with van der Waals surface area (Å²) in [4.78, 5) is 12.1. The van der Waals surface area contributed by atoms with Gasteiger partial charge in [-0.25, -0.2) is 0 Å². The Labute approximate surface area is 146 Å². The van der Waals surface area contributed by atoms with Crippen molar-refractivity contribution in [3.8, 4) is 12.8 Å². The van der Waals surface area contributed by atoms with Crippen LogP contribution in [-0.2, 0) is 4.79 Å². The van der Waals surface area contributed by atoms with Crippen molar-refractivity contribution in [1.29, 1.82) is 0 Å². The highest BCUT2D eigenvalue weighted by Gasteiger charge is 2.29. The Morgan fingerprint density at radius 3 is 2.22 bits per heavy atom. The molecule has 0 spiro atoms. The van der Waals surface area contributed by atoms with E-state index in [4.69, 9.17) is 0 Å². The van der Waals surface area contributed by atoms with Crippen LogP contribution in [0, 0.1) is 41.9 Å². The smallest absolute Gasteiger partial charge is 0.136 e. The first kappa shape index (κ1) is 22.2. The summed E-state index contributed by atoms with van der Waals surface area (Å²) in [6, 6.07) is 0. The lowest BCUT2D eigenvalue weighted by atomic mass is 9.75. The molecule has 0 heterocycles. The van der Waals surface area contributed by atoms with Crippen LogP contribution >= 0.6 is 0 Å². The van der Waals surface area contributed by atoms with Crippen LogP contribution in [0.15, 0.2) is 0 Å². The van der Waals surface area contributed by atoms with Crippen molar-refractivity contribution in [2.75, 3.05) is 0 Å². The van der Waals surface area contributed by atoms with Gasteiger partial charge in [-0.05, 0) is 55.3 Å². The number of carbonyl (C=O) groups is 1. The second kappa shape index (κ2) is 10.9. The molecule has 0 bridgehead atoms. The standard InChI is InChI=1S/C20H38O.C2H2/c1-15(10-8-14-20(4,5)6)16(2)12-13-18-17(3)9-7-11-19(18)21;1-2/h15-18H,7-14H2,1-6H3;1-2H/t15-,16?,17-,18?;/m1./s1. The van der Waals surface area contributed by atoms with E-state index in [1.54, 1.807) is 0 Å². The van der Waals surface area contributed by atoms with E-state index in [2.05, 4.69) is 54.4 Å². The third-order valence-electron chi connectivity index (χ3n) is 5.67. The molecule has 0 saturated heterocycles. The number of hydrogen-bond donors (Lipinski definition) is 0. The average molecular weight is 321 g/mol. The van der Waals surface area contributed by atoms with Gasteiger partial charge in [-0.15, -0.1) is 12.8 Å². The highest BCUT2D eigenvalue weighted by Crippen LogP contribution is 2.33. The highest BCUT2D eigenvalue weighted by molar-refractivity contribution is 5.81. The van der Waals surface area contributed by atoms with E-state index in [0.717, 1.165) is 31.1 Å². The van der Waals surface area contributed by atoms with Gasteiger partial charge in [-0.3, -0.25) is 4.79 Å². The molecule has 1 fully saturated rings. The Morgan fingerprint density at radius 1 is 1.13 bits per heavy atom. The number of rotatable bonds is 7. The molecule has 4 atom stereocenters. The van der Waals surface area contributed by atoms with Gasteiger partial charge in [0.15, 0.2) is 0 Å². The predicted octanol–water partition coefficient (Wildman–Crippen LogP) is 6.51. The lowest BCUT2D eigenvalue weighted by molar-refractivity contribution is -0.126. The van der Waals surface area contributed by atoms with E-state index in [0.29, 0.717) is 23.0 Å². The van der Waals surface area contributed by atoms with Crippen molar-refractivity contribution in [2.24, 2.45) is 29.1 Å². The molecule has 0 radical (unpaired) electrons. The predicted molar refractivity (Wildman–Crippen MR) is 102 cm³/mol. The van der Waals surface area contributed by atoms with E-state index in [9.17, 15) is 4.79 Å². The van der Waals surface area contributed by atoms with Crippen molar-refractivity contribution in [1.82, 2.24) is 0 Å². The molecule has 2 unspecified atom stereocenters. The molecule has 1 aliphatic carbocycles. The Kier molecular flexibility index (Phi) is 10.5. The van der Waals surface area contributed by atoms with E-state index in [1.807, 2.05) is 0 Å². The molecule has 23 heavy (non-hydrogen) atoms. The van der Waals surface area contributed by atoms with Crippen LogP contribution in [0.3, 0.4) is 0 Å². The maximum atomic E-state index is 12.1. The monoisotopic (exact) mass is 320 g/mol. The molecule has 1 heteroatoms. The fourth-order valence-corrected chi connectivity index (χ4v) is 3.71. The van der Waals surface area contributed by atoms with Crippen LogP contribution in [0.5, 0.6) is 0 Å². The fourth-order valence-electron chi connectivity index (χ4n) is 3.71. The SMILES string of the molecule is C#C.CC(CCC1C(=O)CCC[C@H]1C)[C@H](C)CCCC(C)(C)C. The molecule has 0 aromatic heterocycles. The summed E-state index contributed by atoms with van der Waals surface area (Å²) >= 11 is 0. The van der Waals surface area contributed by atoms with Gasteiger partial charge in [0.25, 0.3) is 0 Å². The van der Waals surface area contributed by atoms with Crippen LogP contribution in [-0.4, -0.2) is 5.78 Å². The van der Waals surface area contributed by atoms with Crippen molar-refractivity contribution < 1.29 is 4.79 Å². The average Bonchev–Trinajstić information content (AvgIpc) is 2.47. The zero-order chi connectivity index (χ0) is 18.0. The molecule has 0 aromatic carbocycles. The zero-order valence-corrected chi connectivity index (χ0v) is 16.5. The van der Waals surface area contributed by atoms with Crippen LogP contribution in [0.25, 0.3) is 0 Å². The number of ketones is 1. The molecular weight excluding hydrogens is 280 g/mol. The Morgan fingerprint density at radius 2 is 1.70 bits per heavy atom. The first-order chi connectivity index (χ1) is 10.7. The third kappa shape index (κ3) is 9.19. The van der Waals surface area contributed by atoms with Crippen LogP contribution in [0.1, 0.15) is 92.9 Å². The second-order valence-corrected chi connectivity index (χ2v) is 8.93. The van der Waals surface area contributed by atoms with Gasteiger partial charge in [0, 0.05) is 12.3 Å². The maximum Gasteiger partial charge on any atom is 0.136 e. The summed E-state index contributed by atoms with van der Waals surface area (Å²) in [5, 5.41) is 0. The highest BCUT2D eigenvalue weighted by atomic mass is 16.1. The number of carbonyl (C=O) groups excluding carboxylic acids is 1. The van der Waals surface area contributed by atoms with E-state index < -0.39 is 0 Å². The number of terminal acetylenes is 1. The fraction of sp³-hybridized carbons (Fsp3) is 0.864. The molecule has 0 amide bonds. The molecule has 0 aliphatic heterocycles. The topological polar surface area (TPSA) is 17.1 Å². The van der Waals surface area contributed by atoms with Gasteiger partial charge in [0.05, 0.1) is 0 Å². The summed E-state index contributed by atoms with van der Waals surface area (Å²) in [5.74, 6) is 3.08. The van der Waals surface area contributed by atoms with Crippen molar-refractivity contribution in [3.63, 3.8) is 0 Å². The first-order valence-electron chi connectivity index (χ1n) is 9.56. The molecule has 134 valence electrons. The van der Waals surface area contributed by atoms with Crippen LogP contribution < -0.4 is 0 Å². The summed E-state index contributed by atoms with van der Waals surface area (Å²) in [5.41, 5.74) is 0.465. The van der Waals surface area contributed by atoms with Gasteiger partial charge in [0.1, 0.15) is 5.78 Å². The largest absolute Gasteiger partial charge is 0.299 e. The Bertz CT molecular complexity index is 347. The minimum absolute atomic E-state index is 0.364. The zero-order valence-electron chi connectivity index (χ0n) is 16.5. The Hall–Kier alpha value is -0.770. The first-order valence-corrected chi connectivity index (χ1v) is 9.56. The van der Waals surface area contributed by atoms with Crippen LogP contribution in [0.4, 0.5) is 0 Å². The number of hydrogen-bond acceptors (Lipinski definition) is 1. The van der Waals surface area contributed by atoms with Gasteiger partial charge >= 0.3 is 0 Å². The normalized spacial score (nSPS) is 24.4. The minimum atomic E-state index is 0.364. The van der Waals surface area contributed by atoms with Crippen molar-refractivity contribution >= 4 is 5.78 Å². The number of Topliss-reactive ketones (excluding diaryl/α,β-unsaturated/α-hetero) is 1. The molecule has 1 saturated carbocycles. The maximum absolute atomic E-state index is 12.1. The van der Waals surface area contributed by atoms with Gasteiger partial charge in [-0.2, -0.15) is 0 Å². The molecule has 1 aliphatic rings. The van der Waals surface area contributed by atoms with Crippen LogP contribution in [0.2, 0.25) is 0 Å². The Balaban J connectivity index is 0.00000232. The third-order valence-corrected chi connectivity index (χ3v) is 5.67. The van der Waals surface area contributed by atoms with Crippen molar-refractivity contribution in [3.05, 3.63) is 0 Å². The summed E-state index contributed by atoms with van der Waals surface area (Å²) in [6.45, 7) is 14.1. The van der Waals surface area contributed by atoms with Gasteiger partial charge in [0.2, 0.25) is 0 Å². The van der Waals surface area contributed by atoms with Gasteiger partial charge in [-0.1, -0.05) is 54.4 Å².